The molecule has 7 heteroatoms. The van der Waals surface area contributed by atoms with Crippen LogP contribution in [0.25, 0.3) is 0 Å². The van der Waals surface area contributed by atoms with Gasteiger partial charge in [-0.2, -0.15) is 0 Å². The fourth-order valence-electron chi connectivity index (χ4n) is 3.25. The van der Waals surface area contributed by atoms with E-state index in [4.69, 9.17) is 0 Å². The summed E-state index contributed by atoms with van der Waals surface area (Å²) in [7, 11) is 0. The van der Waals surface area contributed by atoms with Gasteiger partial charge in [0.05, 0.1) is 4.92 Å². The van der Waals surface area contributed by atoms with Gasteiger partial charge in [0, 0.05) is 37.2 Å². The Morgan fingerprint density at radius 2 is 2.00 bits per heavy atom. The second kappa shape index (κ2) is 5.79. The van der Waals surface area contributed by atoms with E-state index in [9.17, 15) is 14.9 Å². The summed E-state index contributed by atoms with van der Waals surface area (Å²) in [5.74, 6) is 1.28. The lowest BCUT2D eigenvalue weighted by Crippen LogP contribution is -2.58. The highest BCUT2D eigenvalue weighted by molar-refractivity contribution is 5.81. The first-order valence-electron chi connectivity index (χ1n) is 8.06. The SMILES string of the molecule is Cc1cc([N+](=O)[O-])cnc1N1C[C@@H](C)N(C(=O)C2CC2)C[C@@H]1C. The first-order chi connectivity index (χ1) is 10.9. The third-order valence-electron chi connectivity index (χ3n) is 4.71. The second-order valence-electron chi connectivity index (χ2n) is 6.71. The van der Waals surface area contributed by atoms with Crippen molar-refractivity contribution >= 4 is 17.4 Å². The Hall–Kier alpha value is -2.18. The summed E-state index contributed by atoms with van der Waals surface area (Å²) in [5.41, 5.74) is 0.801. The molecule has 1 saturated heterocycles. The highest BCUT2D eigenvalue weighted by Crippen LogP contribution is 2.34. The quantitative estimate of drug-likeness (QED) is 0.630. The highest BCUT2D eigenvalue weighted by Gasteiger charge is 2.39. The minimum Gasteiger partial charge on any atom is -0.350 e. The molecule has 0 aromatic carbocycles. The van der Waals surface area contributed by atoms with E-state index in [0.717, 1.165) is 24.2 Å². The molecule has 0 spiro atoms. The first-order valence-corrected chi connectivity index (χ1v) is 8.06. The van der Waals surface area contributed by atoms with Crippen LogP contribution in [-0.4, -0.2) is 45.9 Å². The van der Waals surface area contributed by atoms with E-state index in [-0.39, 0.29) is 29.6 Å². The number of aromatic nitrogens is 1. The summed E-state index contributed by atoms with van der Waals surface area (Å²) in [5, 5.41) is 10.9. The Morgan fingerprint density at radius 1 is 1.30 bits per heavy atom. The van der Waals surface area contributed by atoms with Crippen molar-refractivity contribution in [3.05, 3.63) is 27.9 Å². The van der Waals surface area contributed by atoms with Crippen LogP contribution in [0.2, 0.25) is 0 Å². The molecule has 1 aliphatic carbocycles. The summed E-state index contributed by atoms with van der Waals surface area (Å²) < 4.78 is 0. The van der Waals surface area contributed by atoms with Crippen LogP contribution in [0.5, 0.6) is 0 Å². The number of pyridine rings is 1. The molecule has 1 aromatic heterocycles. The molecule has 124 valence electrons. The predicted molar refractivity (Wildman–Crippen MR) is 86.3 cm³/mol. The van der Waals surface area contributed by atoms with Crippen molar-refractivity contribution in [1.82, 2.24) is 9.88 Å². The molecule has 23 heavy (non-hydrogen) atoms. The Balaban J connectivity index is 1.79. The van der Waals surface area contributed by atoms with Gasteiger partial charge in [-0.15, -0.1) is 0 Å². The Labute approximate surface area is 135 Å². The average molecular weight is 318 g/mol. The largest absolute Gasteiger partial charge is 0.350 e. The lowest BCUT2D eigenvalue weighted by atomic mass is 10.1. The molecule has 2 atom stereocenters. The van der Waals surface area contributed by atoms with Crippen LogP contribution < -0.4 is 4.90 Å². The van der Waals surface area contributed by atoms with Gasteiger partial charge in [0.25, 0.3) is 5.69 Å². The number of carbonyl (C=O) groups is 1. The van der Waals surface area contributed by atoms with Crippen LogP contribution in [0.3, 0.4) is 0 Å². The van der Waals surface area contributed by atoms with E-state index < -0.39 is 4.92 Å². The highest BCUT2D eigenvalue weighted by atomic mass is 16.6. The van der Waals surface area contributed by atoms with E-state index >= 15 is 0 Å². The molecule has 0 radical (unpaired) electrons. The Morgan fingerprint density at radius 3 is 2.57 bits per heavy atom. The normalized spacial score (nSPS) is 24.7. The van der Waals surface area contributed by atoms with Crippen molar-refractivity contribution in [2.45, 2.75) is 45.7 Å². The molecule has 2 heterocycles. The third-order valence-corrected chi connectivity index (χ3v) is 4.71. The molecule has 2 fully saturated rings. The van der Waals surface area contributed by atoms with E-state index in [2.05, 4.69) is 23.7 Å². The number of carbonyl (C=O) groups excluding carboxylic acids is 1. The standard InChI is InChI=1S/C16H22N4O3/c1-10-6-14(20(22)23)7-17-15(10)18-8-12(3)19(9-11(18)2)16(21)13-4-5-13/h6-7,11-13H,4-5,8-9H2,1-3H3/t11-,12+/m0/s1. The molecule has 3 rings (SSSR count). The van der Waals surface area contributed by atoms with Gasteiger partial charge in [0.2, 0.25) is 5.91 Å². The number of amides is 1. The molecular formula is C16H22N4O3. The number of rotatable bonds is 3. The minimum atomic E-state index is -0.428. The molecule has 0 N–H and O–H groups in total. The Kier molecular flexibility index (Phi) is 3.95. The van der Waals surface area contributed by atoms with Crippen LogP contribution >= 0.6 is 0 Å². The molecule has 1 saturated carbocycles. The molecule has 1 amide bonds. The van der Waals surface area contributed by atoms with Crippen LogP contribution in [0.1, 0.15) is 32.3 Å². The van der Waals surface area contributed by atoms with Gasteiger partial charge in [-0.25, -0.2) is 4.98 Å². The number of nitro groups is 1. The topological polar surface area (TPSA) is 79.6 Å². The molecule has 7 nitrogen and oxygen atoms in total. The van der Waals surface area contributed by atoms with E-state index in [1.165, 1.54) is 6.20 Å². The van der Waals surface area contributed by atoms with E-state index in [0.29, 0.717) is 13.1 Å². The molecule has 0 bridgehead atoms. The summed E-state index contributed by atoms with van der Waals surface area (Å²) in [6.45, 7) is 7.34. The van der Waals surface area contributed by atoms with Gasteiger partial charge in [-0.05, 0) is 39.2 Å². The van der Waals surface area contributed by atoms with Crippen molar-refractivity contribution in [3.63, 3.8) is 0 Å². The maximum absolute atomic E-state index is 12.4. The first kappa shape index (κ1) is 15.7. The zero-order valence-electron chi connectivity index (χ0n) is 13.7. The average Bonchev–Trinajstić information content (AvgIpc) is 3.33. The summed E-state index contributed by atoms with van der Waals surface area (Å²) >= 11 is 0. The lowest BCUT2D eigenvalue weighted by molar-refractivity contribution is -0.385. The van der Waals surface area contributed by atoms with Gasteiger partial charge in [0.15, 0.2) is 0 Å². The fourth-order valence-corrected chi connectivity index (χ4v) is 3.25. The van der Waals surface area contributed by atoms with Crippen molar-refractivity contribution in [2.75, 3.05) is 18.0 Å². The van der Waals surface area contributed by atoms with Gasteiger partial charge < -0.3 is 9.80 Å². The zero-order valence-corrected chi connectivity index (χ0v) is 13.7. The maximum atomic E-state index is 12.4. The lowest BCUT2D eigenvalue weighted by Gasteiger charge is -2.45. The molecule has 1 aromatic rings. The summed E-state index contributed by atoms with van der Waals surface area (Å²) in [6.07, 6.45) is 3.34. The van der Waals surface area contributed by atoms with Gasteiger partial charge >= 0.3 is 0 Å². The number of aryl methyl sites for hydroxylation is 1. The number of hydrogen-bond acceptors (Lipinski definition) is 5. The maximum Gasteiger partial charge on any atom is 0.287 e. The minimum absolute atomic E-state index is 0.00880. The number of anilines is 1. The van der Waals surface area contributed by atoms with Gasteiger partial charge in [-0.1, -0.05) is 0 Å². The van der Waals surface area contributed by atoms with E-state index in [1.807, 2.05) is 11.8 Å². The fraction of sp³-hybridized carbons (Fsp3) is 0.625. The number of piperazine rings is 1. The van der Waals surface area contributed by atoms with Crippen LogP contribution in [-0.2, 0) is 4.79 Å². The van der Waals surface area contributed by atoms with Crippen LogP contribution in [0.15, 0.2) is 12.3 Å². The van der Waals surface area contributed by atoms with Crippen LogP contribution in [0.4, 0.5) is 11.5 Å². The van der Waals surface area contributed by atoms with Gasteiger partial charge in [0.1, 0.15) is 12.0 Å². The van der Waals surface area contributed by atoms with Crippen molar-refractivity contribution in [3.8, 4) is 0 Å². The van der Waals surface area contributed by atoms with E-state index in [1.54, 1.807) is 6.07 Å². The molecule has 0 unspecified atom stereocenters. The predicted octanol–water partition coefficient (Wildman–Crippen LogP) is 2.13. The van der Waals surface area contributed by atoms with Crippen molar-refractivity contribution in [1.29, 1.82) is 0 Å². The smallest absolute Gasteiger partial charge is 0.287 e. The summed E-state index contributed by atoms with van der Waals surface area (Å²) in [4.78, 5) is 31.2. The molecule has 1 aliphatic heterocycles. The third kappa shape index (κ3) is 3.00. The Bertz CT molecular complexity index is 644. The number of nitrogens with zero attached hydrogens (tertiary/aromatic N) is 4. The molecular weight excluding hydrogens is 296 g/mol. The summed E-state index contributed by atoms with van der Waals surface area (Å²) in [6, 6.07) is 1.82. The van der Waals surface area contributed by atoms with Crippen molar-refractivity contribution in [2.24, 2.45) is 5.92 Å². The molecule has 2 aliphatic rings. The second-order valence-corrected chi connectivity index (χ2v) is 6.71. The van der Waals surface area contributed by atoms with Crippen molar-refractivity contribution < 1.29 is 9.72 Å². The zero-order chi connectivity index (χ0) is 16.7. The van der Waals surface area contributed by atoms with Crippen LogP contribution in [0, 0.1) is 23.0 Å². The monoisotopic (exact) mass is 318 g/mol. The number of hydrogen-bond donors (Lipinski definition) is 0. The van der Waals surface area contributed by atoms with Gasteiger partial charge in [-0.3, -0.25) is 14.9 Å².